The smallest absolute Gasteiger partial charge is 0.320 e. The average molecular weight is 447 g/mol. The van der Waals surface area contributed by atoms with Crippen LogP contribution in [0.4, 0.5) is 31.0 Å². The van der Waals surface area contributed by atoms with Crippen molar-refractivity contribution in [1.82, 2.24) is 4.90 Å². The molecular weight excluding hydrogens is 419 g/mol. The van der Waals surface area contributed by atoms with Gasteiger partial charge in [0.25, 0.3) is 0 Å². The average Bonchev–Trinajstić information content (AvgIpc) is 2.79. The predicted octanol–water partition coefficient (Wildman–Crippen LogP) is 5.92. The van der Waals surface area contributed by atoms with Crippen molar-refractivity contribution in [2.24, 2.45) is 0 Å². The van der Waals surface area contributed by atoms with Crippen LogP contribution in [0.15, 0.2) is 66.7 Å². The lowest BCUT2D eigenvalue weighted by molar-refractivity contribution is 0.192. The summed E-state index contributed by atoms with van der Waals surface area (Å²) in [6, 6.07) is 18.8. The first kappa shape index (κ1) is 22.3. The molecule has 1 heterocycles. The second-order valence-corrected chi connectivity index (χ2v) is 8.30. The third-order valence-corrected chi connectivity index (χ3v) is 5.60. The van der Waals surface area contributed by atoms with Gasteiger partial charge in [-0.2, -0.15) is 0 Å². The molecule has 4 rings (SSSR count). The molecule has 4 amide bonds. The minimum atomic E-state index is -0.377. The number of benzene rings is 3. The number of urea groups is 2. The van der Waals surface area contributed by atoms with Gasteiger partial charge >= 0.3 is 12.1 Å². The molecule has 1 aliphatic heterocycles. The zero-order valence-corrected chi connectivity index (χ0v) is 18.8. The number of nitrogens with one attached hydrogen (secondary N) is 2. The zero-order valence-electron chi connectivity index (χ0n) is 18.8. The number of rotatable bonds is 5. The van der Waals surface area contributed by atoms with E-state index < -0.39 is 0 Å². The fourth-order valence-corrected chi connectivity index (χ4v) is 3.87. The van der Waals surface area contributed by atoms with Gasteiger partial charge in [-0.1, -0.05) is 35.9 Å². The minimum Gasteiger partial charge on any atom is -0.320 e. The Morgan fingerprint density at radius 2 is 1.61 bits per heavy atom. The molecule has 0 bridgehead atoms. The minimum absolute atomic E-state index is 0.142. The fraction of sp³-hybridized carbons (Fsp3) is 0.231. The van der Waals surface area contributed by atoms with Gasteiger partial charge in [0.15, 0.2) is 0 Å². The molecule has 1 fully saturated rings. The highest BCUT2D eigenvalue weighted by molar-refractivity contribution is 6.04. The molecule has 0 aliphatic carbocycles. The van der Waals surface area contributed by atoms with E-state index in [1.807, 2.05) is 56.3 Å². The van der Waals surface area contributed by atoms with Gasteiger partial charge in [0.05, 0.1) is 11.4 Å². The van der Waals surface area contributed by atoms with E-state index >= 15 is 0 Å². The molecule has 0 aromatic heterocycles. The molecular formula is C26H27FN4O2. The topological polar surface area (TPSA) is 64.7 Å². The lowest BCUT2D eigenvalue weighted by Gasteiger charge is -2.36. The number of halogens is 1. The second kappa shape index (κ2) is 9.73. The molecule has 0 saturated carbocycles. The Labute approximate surface area is 193 Å². The first-order valence-corrected chi connectivity index (χ1v) is 11.0. The molecule has 3 aromatic rings. The molecule has 33 heavy (non-hydrogen) atoms. The SMILES string of the molecule is Cc1ccc(NC(=O)Nc2cc(C)ccc2N2CCCN(Cc3ccc(F)cc3)C2=O)cc1. The Kier molecular flexibility index (Phi) is 6.58. The number of anilines is 3. The summed E-state index contributed by atoms with van der Waals surface area (Å²) in [6.45, 7) is 5.49. The summed E-state index contributed by atoms with van der Waals surface area (Å²) in [6.07, 6.45) is 0.788. The molecule has 6 nitrogen and oxygen atoms in total. The molecule has 0 atom stereocenters. The van der Waals surface area contributed by atoms with Crippen molar-refractivity contribution in [3.05, 3.63) is 89.2 Å². The maximum absolute atomic E-state index is 13.3. The Balaban J connectivity index is 1.51. The van der Waals surface area contributed by atoms with E-state index in [0.29, 0.717) is 36.7 Å². The number of carbonyl (C=O) groups excluding carboxylic acids is 2. The maximum atomic E-state index is 13.3. The normalized spacial score (nSPS) is 13.7. The lowest BCUT2D eigenvalue weighted by atomic mass is 10.1. The van der Waals surface area contributed by atoms with Crippen molar-refractivity contribution in [1.29, 1.82) is 0 Å². The number of nitrogens with zero attached hydrogens (tertiary/aromatic N) is 2. The van der Waals surface area contributed by atoms with Crippen LogP contribution < -0.4 is 15.5 Å². The quantitative estimate of drug-likeness (QED) is 0.511. The van der Waals surface area contributed by atoms with Crippen LogP contribution in [0.25, 0.3) is 0 Å². The number of aryl methyl sites for hydroxylation is 2. The summed E-state index contributed by atoms with van der Waals surface area (Å²) in [5, 5.41) is 5.73. The largest absolute Gasteiger partial charge is 0.324 e. The van der Waals surface area contributed by atoms with Gasteiger partial charge < -0.3 is 15.5 Å². The van der Waals surface area contributed by atoms with Crippen molar-refractivity contribution in [2.75, 3.05) is 28.6 Å². The van der Waals surface area contributed by atoms with Gasteiger partial charge in [0.2, 0.25) is 0 Å². The molecule has 170 valence electrons. The molecule has 7 heteroatoms. The van der Waals surface area contributed by atoms with Crippen LogP contribution in [0.3, 0.4) is 0 Å². The molecule has 1 aliphatic rings. The highest BCUT2D eigenvalue weighted by atomic mass is 19.1. The Morgan fingerprint density at radius 1 is 0.909 bits per heavy atom. The maximum Gasteiger partial charge on any atom is 0.324 e. The van der Waals surface area contributed by atoms with E-state index in [9.17, 15) is 14.0 Å². The summed E-state index contributed by atoms with van der Waals surface area (Å²) in [4.78, 5) is 29.4. The number of amides is 4. The second-order valence-electron chi connectivity index (χ2n) is 8.30. The predicted molar refractivity (Wildman–Crippen MR) is 129 cm³/mol. The van der Waals surface area contributed by atoms with E-state index in [1.165, 1.54) is 12.1 Å². The van der Waals surface area contributed by atoms with Crippen molar-refractivity contribution < 1.29 is 14.0 Å². The van der Waals surface area contributed by atoms with Gasteiger partial charge in [-0.25, -0.2) is 14.0 Å². The van der Waals surface area contributed by atoms with Crippen molar-refractivity contribution in [3.8, 4) is 0 Å². The van der Waals surface area contributed by atoms with Crippen molar-refractivity contribution >= 4 is 29.1 Å². The third-order valence-electron chi connectivity index (χ3n) is 5.60. The highest BCUT2D eigenvalue weighted by Gasteiger charge is 2.28. The van der Waals surface area contributed by atoms with E-state index in [1.54, 1.807) is 21.9 Å². The number of hydrogen-bond acceptors (Lipinski definition) is 2. The van der Waals surface area contributed by atoms with Crippen molar-refractivity contribution in [3.63, 3.8) is 0 Å². The summed E-state index contributed by atoms with van der Waals surface area (Å²) < 4.78 is 13.2. The summed E-state index contributed by atoms with van der Waals surface area (Å²) >= 11 is 0. The third kappa shape index (κ3) is 5.49. The van der Waals surface area contributed by atoms with Crippen LogP contribution in [-0.4, -0.2) is 30.1 Å². The standard InChI is InChI=1S/C26H27FN4O2/c1-18-4-11-22(12-5-18)28-25(32)29-23-16-19(2)6-13-24(23)31-15-3-14-30(26(31)33)17-20-7-9-21(27)10-8-20/h4-13,16H,3,14-15,17H2,1-2H3,(H2,28,29,32). The summed E-state index contributed by atoms with van der Waals surface area (Å²) in [5.74, 6) is -0.301. The molecule has 3 aromatic carbocycles. The van der Waals surface area contributed by atoms with E-state index in [2.05, 4.69) is 10.6 Å². The molecule has 0 unspecified atom stereocenters. The first-order chi connectivity index (χ1) is 15.9. The Bertz CT molecular complexity index is 1150. The Hall–Kier alpha value is -3.87. The van der Waals surface area contributed by atoms with Gasteiger partial charge in [-0.3, -0.25) is 4.90 Å². The fourth-order valence-electron chi connectivity index (χ4n) is 3.87. The lowest BCUT2D eigenvalue weighted by Crippen LogP contribution is -2.49. The van der Waals surface area contributed by atoms with Gasteiger partial charge in [0.1, 0.15) is 5.82 Å². The van der Waals surface area contributed by atoms with Crippen molar-refractivity contribution in [2.45, 2.75) is 26.8 Å². The molecule has 2 N–H and O–H groups in total. The van der Waals surface area contributed by atoms with Crippen LogP contribution in [0.1, 0.15) is 23.1 Å². The molecule has 0 radical (unpaired) electrons. The van der Waals surface area contributed by atoms with E-state index in [4.69, 9.17) is 0 Å². The van der Waals surface area contributed by atoms with Crippen LogP contribution in [-0.2, 0) is 6.54 Å². The number of hydrogen-bond donors (Lipinski definition) is 2. The van der Waals surface area contributed by atoms with Crippen LogP contribution in [0.2, 0.25) is 0 Å². The number of carbonyl (C=O) groups is 2. The highest BCUT2D eigenvalue weighted by Crippen LogP contribution is 2.30. The van der Waals surface area contributed by atoms with E-state index in [0.717, 1.165) is 23.1 Å². The van der Waals surface area contributed by atoms with Crippen LogP contribution in [0.5, 0.6) is 0 Å². The van der Waals surface area contributed by atoms with E-state index in [-0.39, 0.29) is 17.9 Å². The van der Waals surface area contributed by atoms with Gasteiger partial charge in [-0.05, 0) is 67.8 Å². The molecule has 1 saturated heterocycles. The first-order valence-electron chi connectivity index (χ1n) is 11.0. The monoisotopic (exact) mass is 446 g/mol. The summed E-state index contributed by atoms with van der Waals surface area (Å²) in [5.41, 5.74) is 4.84. The van der Waals surface area contributed by atoms with Crippen LogP contribution >= 0.6 is 0 Å². The van der Waals surface area contributed by atoms with Crippen LogP contribution in [0, 0.1) is 19.7 Å². The zero-order chi connectivity index (χ0) is 23.4. The van der Waals surface area contributed by atoms with Gasteiger partial charge in [0, 0.05) is 25.3 Å². The Morgan fingerprint density at radius 3 is 2.33 bits per heavy atom. The van der Waals surface area contributed by atoms with Gasteiger partial charge in [-0.15, -0.1) is 0 Å². The molecule has 0 spiro atoms. The summed E-state index contributed by atoms with van der Waals surface area (Å²) in [7, 11) is 0.